The number of nitrogens with zero attached hydrogens (tertiary/aromatic N) is 1. The summed E-state index contributed by atoms with van der Waals surface area (Å²) in [5, 5.41) is 3.62. The van der Waals surface area contributed by atoms with Gasteiger partial charge in [0.05, 0.1) is 23.2 Å². The van der Waals surface area contributed by atoms with E-state index in [1.807, 2.05) is 0 Å². The average molecular weight is 515 g/mol. The molecule has 178 valence electrons. The second-order valence-electron chi connectivity index (χ2n) is 6.82. The Labute approximate surface area is 196 Å². The fourth-order valence-corrected chi connectivity index (χ4v) is 3.85. The van der Waals surface area contributed by atoms with Crippen LogP contribution in [0.1, 0.15) is 16.7 Å². The highest BCUT2D eigenvalue weighted by Crippen LogP contribution is 2.30. The molecular weight excluding hydrogens is 500 g/mol. The molecular formula is C22H15ClF4N2O4S. The van der Waals surface area contributed by atoms with Gasteiger partial charge in [-0.1, -0.05) is 29.8 Å². The lowest BCUT2D eigenvalue weighted by Gasteiger charge is -2.11. The number of hydrazone groups is 1. The Morgan fingerprint density at radius 3 is 2.38 bits per heavy atom. The molecule has 0 heterocycles. The van der Waals surface area contributed by atoms with Crippen LogP contribution >= 0.6 is 11.6 Å². The SMILES string of the molecule is O=C(Cc1ccc(F)c(Cl)c1)NN=Cc1ccccc1OS(=O)(=O)c1ccc(C(F)(F)F)cc1. The van der Waals surface area contributed by atoms with Crippen molar-refractivity contribution in [2.24, 2.45) is 5.10 Å². The van der Waals surface area contributed by atoms with Crippen molar-refractivity contribution in [3.8, 4) is 5.75 Å². The van der Waals surface area contributed by atoms with Crippen LogP contribution in [0.4, 0.5) is 17.6 Å². The van der Waals surface area contributed by atoms with Crippen molar-refractivity contribution < 1.29 is 35.0 Å². The third-order valence-electron chi connectivity index (χ3n) is 4.33. The van der Waals surface area contributed by atoms with Crippen molar-refractivity contribution in [1.82, 2.24) is 5.43 Å². The van der Waals surface area contributed by atoms with Crippen LogP contribution in [-0.4, -0.2) is 20.5 Å². The molecule has 3 aromatic carbocycles. The van der Waals surface area contributed by atoms with E-state index in [0.29, 0.717) is 17.7 Å². The lowest BCUT2D eigenvalue weighted by molar-refractivity contribution is -0.137. The van der Waals surface area contributed by atoms with Crippen molar-refractivity contribution in [2.75, 3.05) is 0 Å². The monoisotopic (exact) mass is 514 g/mol. The minimum atomic E-state index is -4.61. The summed E-state index contributed by atoms with van der Waals surface area (Å²) < 4.78 is 81.4. The molecule has 3 aromatic rings. The van der Waals surface area contributed by atoms with E-state index in [1.165, 1.54) is 30.3 Å². The van der Waals surface area contributed by atoms with Crippen LogP contribution in [0.15, 0.2) is 76.7 Å². The first-order chi connectivity index (χ1) is 16.0. The topological polar surface area (TPSA) is 84.8 Å². The van der Waals surface area contributed by atoms with Gasteiger partial charge in [-0.15, -0.1) is 0 Å². The number of carbonyl (C=O) groups excluding carboxylic acids is 1. The van der Waals surface area contributed by atoms with Crippen LogP contribution in [0.5, 0.6) is 5.75 Å². The molecule has 0 aromatic heterocycles. The van der Waals surface area contributed by atoms with Gasteiger partial charge in [0.25, 0.3) is 0 Å². The third-order valence-corrected chi connectivity index (χ3v) is 5.87. The van der Waals surface area contributed by atoms with Gasteiger partial charge in [0.15, 0.2) is 5.75 Å². The van der Waals surface area contributed by atoms with E-state index >= 15 is 0 Å². The molecule has 0 aliphatic heterocycles. The minimum Gasteiger partial charge on any atom is -0.378 e. The van der Waals surface area contributed by atoms with E-state index < -0.39 is 38.5 Å². The van der Waals surface area contributed by atoms with Gasteiger partial charge < -0.3 is 4.18 Å². The number of para-hydroxylation sites is 1. The van der Waals surface area contributed by atoms with E-state index in [9.17, 15) is 30.8 Å². The Hall–Kier alpha value is -3.44. The maximum atomic E-state index is 13.2. The van der Waals surface area contributed by atoms with E-state index in [-0.39, 0.29) is 22.8 Å². The predicted octanol–water partition coefficient (Wildman–Crippen LogP) is 4.96. The highest BCUT2D eigenvalue weighted by atomic mass is 35.5. The molecule has 0 spiro atoms. The Morgan fingerprint density at radius 1 is 1.06 bits per heavy atom. The van der Waals surface area contributed by atoms with E-state index in [2.05, 4.69) is 10.5 Å². The molecule has 1 N–H and O–H groups in total. The number of hydrogen-bond donors (Lipinski definition) is 1. The summed E-state index contributed by atoms with van der Waals surface area (Å²) in [6.07, 6.45) is -3.62. The third kappa shape index (κ3) is 6.55. The van der Waals surface area contributed by atoms with Gasteiger partial charge >= 0.3 is 16.3 Å². The lowest BCUT2D eigenvalue weighted by atomic mass is 10.1. The second-order valence-corrected chi connectivity index (χ2v) is 8.77. The van der Waals surface area contributed by atoms with Gasteiger partial charge in [0, 0.05) is 5.56 Å². The van der Waals surface area contributed by atoms with Crippen LogP contribution in [-0.2, 0) is 27.5 Å². The summed E-state index contributed by atoms with van der Waals surface area (Å²) in [5.41, 5.74) is 1.85. The van der Waals surface area contributed by atoms with Crippen molar-refractivity contribution in [2.45, 2.75) is 17.5 Å². The van der Waals surface area contributed by atoms with Gasteiger partial charge in [-0.25, -0.2) is 9.82 Å². The van der Waals surface area contributed by atoms with Gasteiger partial charge in [-0.3, -0.25) is 4.79 Å². The zero-order valence-corrected chi connectivity index (χ0v) is 18.6. The first-order valence-corrected chi connectivity index (χ1v) is 11.2. The van der Waals surface area contributed by atoms with E-state index in [4.69, 9.17) is 15.8 Å². The smallest absolute Gasteiger partial charge is 0.378 e. The van der Waals surface area contributed by atoms with Crippen LogP contribution < -0.4 is 9.61 Å². The summed E-state index contributed by atoms with van der Waals surface area (Å²) in [7, 11) is -4.45. The lowest BCUT2D eigenvalue weighted by Crippen LogP contribution is -2.20. The predicted molar refractivity (Wildman–Crippen MR) is 117 cm³/mol. The normalized spacial score (nSPS) is 12.0. The van der Waals surface area contributed by atoms with Gasteiger partial charge in [0.2, 0.25) is 5.91 Å². The number of rotatable bonds is 7. The molecule has 0 radical (unpaired) electrons. The Balaban J connectivity index is 1.69. The summed E-state index contributed by atoms with van der Waals surface area (Å²) in [5.74, 6) is -1.33. The number of halogens is 5. The Bertz CT molecular complexity index is 1330. The molecule has 0 atom stereocenters. The highest BCUT2D eigenvalue weighted by Gasteiger charge is 2.31. The number of nitrogens with one attached hydrogen (secondary N) is 1. The molecule has 0 saturated heterocycles. The maximum Gasteiger partial charge on any atom is 0.416 e. The minimum absolute atomic E-state index is 0.130. The number of carbonyl (C=O) groups is 1. The number of alkyl halides is 3. The fraction of sp³-hybridized carbons (Fsp3) is 0.0909. The first kappa shape index (κ1) is 25.2. The summed E-state index contributed by atoms with van der Waals surface area (Å²) in [4.78, 5) is 11.6. The molecule has 0 aliphatic carbocycles. The molecule has 34 heavy (non-hydrogen) atoms. The van der Waals surface area contributed by atoms with Crippen LogP contribution in [0.3, 0.4) is 0 Å². The molecule has 0 aliphatic rings. The summed E-state index contributed by atoms with van der Waals surface area (Å²) >= 11 is 5.67. The molecule has 0 fully saturated rings. The quantitative estimate of drug-likeness (QED) is 0.209. The van der Waals surface area contributed by atoms with E-state index in [1.54, 1.807) is 6.07 Å². The number of benzene rings is 3. The van der Waals surface area contributed by atoms with Crippen LogP contribution in [0.2, 0.25) is 5.02 Å². The van der Waals surface area contributed by atoms with Crippen molar-refractivity contribution in [3.05, 3.63) is 94.3 Å². The zero-order valence-electron chi connectivity index (χ0n) is 17.0. The Morgan fingerprint density at radius 2 is 1.74 bits per heavy atom. The highest BCUT2D eigenvalue weighted by molar-refractivity contribution is 7.87. The number of amides is 1. The Kier molecular flexibility index (Phi) is 7.57. The largest absolute Gasteiger partial charge is 0.416 e. The van der Waals surface area contributed by atoms with Crippen LogP contribution in [0.25, 0.3) is 0 Å². The molecule has 0 unspecified atom stereocenters. The molecule has 12 heteroatoms. The molecule has 1 amide bonds. The zero-order chi connectivity index (χ0) is 24.9. The summed E-state index contributed by atoms with van der Waals surface area (Å²) in [6.45, 7) is 0. The van der Waals surface area contributed by atoms with Gasteiger partial charge in [0.1, 0.15) is 10.7 Å². The van der Waals surface area contributed by atoms with Crippen molar-refractivity contribution in [1.29, 1.82) is 0 Å². The van der Waals surface area contributed by atoms with Gasteiger partial charge in [-0.2, -0.15) is 26.7 Å². The molecule has 0 saturated carbocycles. The van der Waals surface area contributed by atoms with Crippen molar-refractivity contribution in [3.63, 3.8) is 0 Å². The summed E-state index contributed by atoms with van der Waals surface area (Å²) in [6, 6.07) is 12.5. The first-order valence-electron chi connectivity index (χ1n) is 9.42. The fourth-order valence-electron chi connectivity index (χ4n) is 2.69. The average Bonchev–Trinajstić information content (AvgIpc) is 2.77. The standard InChI is InChI=1S/C22H15ClF4N2O4S/c23-18-11-14(5-10-19(18)24)12-21(30)29-28-13-15-3-1-2-4-20(15)33-34(31,32)17-8-6-16(7-9-17)22(25,26)27/h1-11,13H,12H2,(H,29,30). The number of hydrogen-bond acceptors (Lipinski definition) is 5. The molecule has 0 bridgehead atoms. The molecule has 3 rings (SSSR count). The van der Waals surface area contributed by atoms with E-state index in [0.717, 1.165) is 24.4 Å². The maximum absolute atomic E-state index is 13.2. The second kappa shape index (κ2) is 10.2. The molecule has 6 nitrogen and oxygen atoms in total. The van der Waals surface area contributed by atoms with Crippen LogP contribution in [0, 0.1) is 5.82 Å². The van der Waals surface area contributed by atoms with Gasteiger partial charge in [-0.05, 0) is 54.1 Å². The van der Waals surface area contributed by atoms with Crippen molar-refractivity contribution >= 4 is 33.8 Å².